The summed E-state index contributed by atoms with van der Waals surface area (Å²) in [5.74, 6) is -0.116. The number of rotatable bonds is 4. The van der Waals surface area contributed by atoms with E-state index in [2.05, 4.69) is 5.32 Å². The van der Waals surface area contributed by atoms with Crippen LogP contribution < -0.4 is 5.32 Å². The van der Waals surface area contributed by atoms with Crippen molar-refractivity contribution in [1.82, 2.24) is 10.2 Å². The van der Waals surface area contributed by atoms with Crippen LogP contribution in [0.15, 0.2) is 0 Å². The molecule has 2 amide bonds. The molecule has 3 atom stereocenters. The number of hydrogen-bond acceptors (Lipinski definition) is 3. The zero-order valence-corrected chi connectivity index (χ0v) is 12.8. The SMILES string of the molecule is CCOCC(C)N1C(=O)C(C(C)(C)C)NC(=O)C1C. The van der Waals surface area contributed by atoms with Gasteiger partial charge in [-0.1, -0.05) is 20.8 Å². The summed E-state index contributed by atoms with van der Waals surface area (Å²) in [6.07, 6.45) is 0. The number of nitrogens with zero attached hydrogens (tertiary/aromatic N) is 1. The lowest BCUT2D eigenvalue weighted by Crippen LogP contribution is -2.67. The molecule has 5 nitrogen and oxygen atoms in total. The van der Waals surface area contributed by atoms with E-state index in [1.54, 1.807) is 11.8 Å². The molecule has 1 N–H and O–H groups in total. The van der Waals surface area contributed by atoms with Crippen LogP contribution in [0.1, 0.15) is 41.5 Å². The molecular formula is C14H26N2O3. The number of carbonyl (C=O) groups excluding carboxylic acids is 2. The summed E-state index contributed by atoms with van der Waals surface area (Å²) >= 11 is 0. The molecule has 1 heterocycles. The summed E-state index contributed by atoms with van der Waals surface area (Å²) < 4.78 is 5.38. The van der Waals surface area contributed by atoms with E-state index in [0.717, 1.165) is 0 Å². The molecule has 110 valence electrons. The number of nitrogens with one attached hydrogen (secondary N) is 1. The number of hydrogen-bond donors (Lipinski definition) is 1. The first-order chi connectivity index (χ1) is 8.70. The van der Waals surface area contributed by atoms with Crippen molar-refractivity contribution in [3.63, 3.8) is 0 Å². The Kier molecular flexibility index (Phi) is 4.96. The molecule has 1 aliphatic rings. The van der Waals surface area contributed by atoms with Crippen LogP contribution in [0.5, 0.6) is 0 Å². The van der Waals surface area contributed by atoms with Crippen LogP contribution in [0.3, 0.4) is 0 Å². The van der Waals surface area contributed by atoms with Crippen LogP contribution in [-0.2, 0) is 14.3 Å². The molecule has 0 spiro atoms. The number of ether oxygens (including phenoxy) is 1. The van der Waals surface area contributed by atoms with E-state index >= 15 is 0 Å². The molecule has 0 aromatic carbocycles. The molecule has 0 saturated carbocycles. The van der Waals surface area contributed by atoms with Crippen molar-refractivity contribution < 1.29 is 14.3 Å². The molecule has 0 aromatic rings. The first kappa shape index (κ1) is 16.0. The Balaban J connectivity index is 2.93. The van der Waals surface area contributed by atoms with Gasteiger partial charge in [0.15, 0.2) is 0 Å². The van der Waals surface area contributed by atoms with Crippen molar-refractivity contribution in [3.05, 3.63) is 0 Å². The van der Waals surface area contributed by atoms with E-state index < -0.39 is 12.1 Å². The smallest absolute Gasteiger partial charge is 0.246 e. The Morgan fingerprint density at radius 2 is 1.95 bits per heavy atom. The second-order valence-electron chi connectivity index (χ2n) is 6.24. The van der Waals surface area contributed by atoms with Gasteiger partial charge in [-0.05, 0) is 26.2 Å². The molecule has 19 heavy (non-hydrogen) atoms. The van der Waals surface area contributed by atoms with Crippen molar-refractivity contribution in [2.24, 2.45) is 5.41 Å². The van der Waals surface area contributed by atoms with Gasteiger partial charge in [0.2, 0.25) is 11.8 Å². The van der Waals surface area contributed by atoms with E-state index in [4.69, 9.17) is 4.74 Å². The van der Waals surface area contributed by atoms with Crippen LogP contribution in [0.2, 0.25) is 0 Å². The summed E-state index contributed by atoms with van der Waals surface area (Å²) in [6.45, 7) is 12.5. The van der Waals surface area contributed by atoms with Crippen molar-refractivity contribution >= 4 is 11.8 Å². The molecule has 0 aromatic heterocycles. The van der Waals surface area contributed by atoms with Gasteiger partial charge in [-0.3, -0.25) is 9.59 Å². The minimum Gasteiger partial charge on any atom is -0.380 e. The molecule has 1 rings (SSSR count). The van der Waals surface area contributed by atoms with Gasteiger partial charge in [-0.15, -0.1) is 0 Å². The summed E-state index contributed by atoms with van der Waals surface area (Å²) in [6, 6.07) is -1.01. The first-order valence-corrected chi connectivity index (χ1v) is 6.90. The fraction of sp³-hybridized carbons (Fsp3) is 0.857. The number of amides is 2. The van der Waals surface area contributed by atoms with Gasteiger partial charge in [0.25, 0.3) is 0 Å². The number of piperazine rings is 1. The van der Waals surface area contributed by atoms with Crippen molar-refractivity contribution in [2.45, 2.75) is 59.7 Å². The third kappa shape index (κ3) is 3.47. The van der Waals surface area contributed by atoms with Gasteiger partial charge < -0.3 is 15.0 Å². The topological polar surface area (TPSA) is 58.6 Å². The van der Waals surface area contributed by atoms with Gasteiger partial charge >= 0.3 is 0 Å². The van der Waals surface area contributed by atoms with Crippen LogP contribution in [-0.4, -0.2) is 48.1 Å². The molecule has 0 bridgehead atoms. The predicted octanol–water partition coefficient (Wildman–Crippen LogP) is 1.17. The van der Waals surface area contributed by atoms with Gasteiger partial charge in [-0.25, -0.2) is 0 Å². The zero-order valence-electron chi connectivity index (χ0n) is 12.8. The third-order valence-electron chi connectivity index (χ3n) is 3.49. The lowest BCUT2D eigenvalue weighted by molar-refractivity contribution is -0.155. The standard InChI is InChI=1S/C14H26N2O3/c1-7-19-8-9(2)16-10(3)12(17)15-11(13(16)18)14(4,5)6/h9-11H,7-8H2,1-6H3,(H,15,17). The lowest BCUT2D eigenvalue weighted by atomic mass is 9.83. The quantitative estimate of drug-likeness (QED) is 0.834. The first-order valence-electron chi connectivity index (χ1n) is 6.90. The Labute approximate surface area is 115 Å². The molecule has 0 radical (unpaired) electrons. The number of carbonyl (C=O) groups is 2. The summed E-state index contributed by atoms with van der Waals surface area (Å²) in [4.78, 5) is 26.3. The van der Waals surface area contributed by atoms with Gasteiger partial charge in [0.05, 0.1) is 12.6 Å². The van der Waals surface area contributed by atoms with E-state index in [0.29, 0.717) is 13.2 Å². The molecular weight excluding hydrogens is 244 g/mol. The Morgan fingerprint density at radius 3 is 2.42 bits per heavy atom. The summed E-state index contributed by atoms with van der Waals surface area (Å²) in [5.41, 5.74) is -0.295. The minimum atomic E-state index is -0.472. The maximum Gasteiger partial charge on any atom is 0.246 e. The van der Waals surface area contributed by atoms with E-state index in [1.807, 2.05) is 34.6 Å². The molecule has 1 saturated heterocycles. The van der Waals surface area contributed by atoms with E-state index in [1.165, 1.54) is 0 Å². The molecule has 0 aliphatic carbocycles. The van der Waals surface area contributed by atoms with Gasteiger partial charge in [-0.2, -0.15) is 0 Å². The highest BCUT2D eigenvalue weighted by molar-refractivity contribution is 5.97. The van der Waals surface area contributed by atoms with Crippen LogP contribution in [0.4, 0.5) is 0 Å². The highest BCUT2D eigenvalue weighted by atomic mass is 16.5. The molecule has 1 fully saturated rings. The van der Waals surface area contributed by atoms with Crippen molar-refractivity contribution in [1.29, 1.82) is 0 Å². The minimum absolute atomic E-state index is 0.0215. The summed E-state index contributed by atoms with van der Waals surface area (Å²) in [5, 5.41) is 2.83. The largest absolute Gasteiger partial charge is 0.380 e. The zero-order chi connectivity index (χ0) is 14.8. The van der Waals surface area contributed by atoms with Crippen LogP contribution >= 0.6 is 0 Å². The Bertz CT molecular complexity index is 349. The molecule has 1 aliphatic heterocycles. The monoisotopic (exact) mass is 270 g/mol. The Hall–Kier alpha value is -1.10. The predicted molar refractivity (Wildman–Crippen MR) is 73.6 cm³/mol. The Morgan fingerprint density at radius 1 is 1.37 bits per heavy atom. The average molecular weight is 270 g/mol. The third-order valence-corrected chi connectivity index (χ3v) is 3.49. The fourth-order valence-electron chi connectivity index (χ4n) is 2.35. The van der Waals surface area contributed by atoms with Crippen molar-refractivity contribution in [3.8, 4) is 0 Å². The molecule has 3 unspecified atom stereocenters. The molecule has 5 heteroatoms. The van der Waals surface area contributed by atoms with Gasteiger partial charge in [0, 0.05) is 6.61 Å². The van der Waals surface area contributed by atoms with Crippen LogP contribution in [0, 0.1) is 5.41 Å². The van der Waals surface area contributed by atoms with E-state index in [-0.39, 0.29) is 23.3 Å². The highest BCUT2D eigenvalue weighted by Gasteiger charge is 2.45. The van der Waals surface area contributed by atoms with Gasteiger partial charge in [0.1, 0.15) is 12.1 Å². The fourth-order valence-corrected chi connectivity index (χ4v) is 2.35. The van der Waals surface area contributed by atoms with Crippen molar-refractivity contribution in [2.75, 3.05) is 13.2 Å². The normalized spacial score (nSPS) is 26.3. The van der Waals surface area contributed by atoms with Crippen LogP contribution in [0.25, 0.3) is 0 Å². The summed E-state index contributed by atoms with van der Waals surface area (Å²) in [7, 11) is 0. The van der Waals surface area contributed by atoms with E-state index in [9.17, 15) is 9.59 Å². The maximum absolute atomic E-state index is 12.6. The second kappa shape index (κ2) is 5.90. The maximum atomic E-state index is 12.6. The second-order valence-corrected chi connectivity index (χ2v) is 6.24. The lowest BCUT2D eigenvalue weighted by Gasteiger charge is -2.44. The highest BCUT2D eigenvalue weighted by Crippen LogP contribution is 2.26. The average Bonchev–Trinajstić information content (AvgIpc) is 2.30.